The van der Waals surface area contributed by atoms with Crippen molar-refractivity contribution in [2.45, 2.75) is 27.3 Å². The van der Waals surface area contributed by atoms with Crippen LogP contribution in [0.25, 0.3) is 11.0 Å². The minimum absolute atomic E-state index is 0.229. The lowest BCUT2D eigenvalue weighted by molar-refractivity contribution is 0.365. The van der Waals surface area contributed by atoms with E-state index in [0.29, 0.717) is 28.7 Å². The fourth-order valence-electron chi connectivity index (χ4n) is 1.86. The van der Waals surface area contributed by atoms with E-state index in [-0.39, 0.29) is 5.52 Å². The molecule has 0 amide bonds. The summed E-state index contributed by atoms with van der Waals surface area (Å²) in [6.45, 7) is 6.85. The number of H-pyrrole nitrogens is 1. The maximum atomic E-state index is 13.9. The third-order valence-electron chi connectivity index (χ3n) is 3.43. The Hall–Kier alpha value is -1.23. The van der Waals surface area contributed by atoms with Crippen molar-refractivity contribution in [2.75, 3.05) is 0 Å². The summed E-state index contributed by atoms with van der Waals surface area (Å²) >= 11 is 5.18. The number of hydrogen-bond donors (Lipinski definition) is 1. The van der Waals surface area contributed by atoms with E-state index in [0.717, 1.165) is 6.07 Å². The van der Waals surface area contributed by atoms with Crippen molar-refractivity contribution >= 4 is 23.3 Å². The average molecular weight is 270 g/mol. The van der Waals surface area contributed by atoms with Crippen LogP contribution < -0.4 is 0 Å². The lowest BCUT2D eigenvalue weighted by Gasteiger charge is -2.16. The highest BCUT2D eigenvalue weighted by Crippen LogP contribution is 2.23. The van der Waals surface area contributed by atoms with Gasteiger partial charge in [0.2, 0.25) is 0 Å². The van der Waals surface area contributed by atoms with Crippen LogP contribution in [0.2, 0.25) is 0 Å². The molecule has 1 aromatic carbocycles. The summed E-state index contributed by atoms with van der Waals surface area (Å²) in [5.41, 5.74) is 0.766. The number of benzene rings is 1. The first-order valence-electron chi connectivity index (χ1n) is 5.98. The molecule has 0 aliphatic rings. The van der Waals surface area contributed by atoms with Gasteiger partial charge in [-0.1, -0.05) is 20.8 Å². The van der Waals surface area contributed by atoms with Crippen LogP contribution >= 0.6 is 12.2 Å². The topological polar surface area (TPSA) is 20.7 Å². The molecule has 0 aliphatic heterocycles. The van der Waals surface area contributed by atoms with Crippen molar-refractivity contribution in [2.24, 2.45) is 11.8 Å². The molecule has 0 aliphatic carbocycles. The van der Waals surface area contributed by atoms with Gasteiger partial charge < -0.3 is 9.55 Å². The zero-order valence-corrected chi connectivity index (χ0v) is 11.4. The van der Waals surface area contributed by atoms with Gasteiger partial charge in [-0.15, -0.1) is 0 Å². The van der Waals surface area contributed by atoms with E-state index in [1.165, 1.54) is 6.07 Å². The number of aromatic amines is 1. The van der Waals surface area contributed by atoms with Gasteiger partial charge in [-0.2, -0.15) is 0 Å². The molecule has 2 nitrogen and oxygen atoms in total. The second kappa shape index (κ2) is 4.80. The summed E-state index contributed by atoms with van der Waals surface area (Å²) in [7, 11) is 0. The Morgan fingerprint density at radius 2 is 1.94 bits per heavy atom. The molecule has 1 unspecified atom stereocenters. The zero-order valence-electron chi connectivity index (χ0n) is 10.6. The van der Waals surface area contributed by atoms with Crippen LogP contribution in [0.1, 0.15) is 20.8 Å². The molecular weight excluding hydrogens is 254 g/mol. The van der Waals surface area contributed by atoms with Gasteiger partial charge in [0.05, 0.1) is 5.52 Å². The molecule has 0 bridgehead atoms. The van der Waals surface area contributed by atoms with E-state index in [1.54, 1.807) is 4.57 Å². The van der Waals surface area contributed by atoms with Crippen LogP contribution in [-0.2, 0) is 6.54 Å². The second-order valence-electron chi connectivity index (χ2n) is 5.02. The van der Waals surface area contributed by atoms with Gasteiger partial charge in [0.1, 0.15) is 5.52 Å². The first-order chi connectivity index (χ1) is 8.41. The van der Waals surface area contributed by atoms with Gasteiger partial charge >= 0.3 is 0 Å². The molecule has 0 spiro atoms. The molecule has 2 rings (SSSR count). The Morgan fingerprint density at radius 3 is 2.56 bits per heavy atom. The third-order valence-corrected chi connectivity index (χ3v) is 3.76. The number of nitrogens with one attached hydrogen (secondary N) is 1. The van der Waals surface area contributed by atoms with Gasteiger partial charge in [0.15, 0.2) is 16.4 Å². The van der Waals surface area contributed by atoms with Crippen molar-refractivity contribution in [1.82, 2.24) is 9.55 Å². The van der Waals surface area contributed by atoms with Crippen molar-refractivity contribution in [3.05, 3.63) is 28.5 Å². The first kappa shape index (κ1) is 13.2. The molecule has 0 saturated heterocycles. The number of halogens is 2. The Balaban J connectivity index is 2.59. The lowest BCUT2D eigenvalue weighted by atomic mass is 9.98. The average Bonchev–Trinajstić information content (AvgIpc) is 2.61. The Kier molecular flexibility index (Phi) is 3.52. The smallest absolute Gasteiger partial charge is 0.184 e. The fraction of sp³-hybridized carbons (Fsp3) is 0.462. The van der Waals surface area contributed by atoms with Crippen molar-refractivity contribution in [1.29, 1.82) is 0 Å². The molecule has 1 heterocycles. The summed E-state index contributed by atoms with van der Waals surface area (Å²) < 4.78 is 29.2. The summed E-state index contributed by atoms with van der Waals surface area (Å²) in [6, 6.07) is 2.62. The molecule has 0 radical (unpaired) electrons. The van der Waals surface area contributed by atoms with Gasteiger partial charge in [-0.3, -0.25) is 0 Å². The molecule has 1 atom stereocenters. The minimum atomic E-state index is -0.845. The first-order valence-corrected chi connectivity index (χ1v) is 6.39. The SMILES string of the molecule is CC(C)C(C)Cn1c(=S)[nH]c2ccc(F)c(F)c21. The number of nitrogens with zero attached hydrogens (tertiary/aromatic N) is 1. The highest BCUT2D eigenvalue weighted by Gasteiger charge is 2.16. The van der Waals surface area contributed by atoms with E-state index < -0.39 is 11.6 Å². The van der Waals surface area contributed by atoms with Crippen LogP contribution in [0.5, 0.6) is 0 Å². The number of aromatic nitrogens is 2. The van der Waals surface area contributed by atoms with E-state index in [1.807, 2.05) is 0 Å². The van der Waals surface area contributed by atoms with Crippen molar-refractivity contribution in [3.8, 4) is 0 Å². The normalized spacial score (nSPS) is 13.4. The Morgan fingerprint density at radius 1 is 1.28 bits per heavy atom. The maximum Gasteiger partial charge on any atom is 0.184 e. The maximum absolute atomic E-state index is 13.9. The third kappa shape index (κ3) is 2.19. The molecule has 1 aromatic heterocycles. The molecule has 5 heteroatoms. The van der Waals surface area contributed by atoms with Crippen molar-refractivity contribution < 1.29 is 8.78 Å². The minimum Gasteiger partial charge on any atom is -0.330 e. The predicted molar refractivity (Wildman–Crippen MR) is 71.0 cm³/mol. The largest absolute Gasteiger partial charge is 0.330 e. The quantitative estimate of drug-likeness (QED) is 0.826. The van der Waals surface area contributed by atoms with Gasteiger partial charge in [-0.05, 0) is 36.2 Å². The molecule has 98 valence electrons. The predicted octanol–water partition coefficient (Wildman–Crippen LogP) is 4.27. The van der Waals surface area contributed by atoms with Gasteiger partial charge in [0.25, 0.3) is 0 Å². The highest BCUT2D eigenvalue weighted by atomic mass is 32.1. The monoisotopic (exact) mass is 270 g/mol. The molecule has 0 fully saturated rings. The zero-order chi connectivity index (χ0) is 13.4. The number of hydrogen-bond acceptors (Lipinski definition) is 1. The van der Waals surface area contributed by atoms with Crippen LogP contribution in [0.4, 0.5) is 8.78 Å². The standard InChI is InChI=1S/C13H16F2N2S/c1-7(2)8(3)6-17-12-10(16-13(17)18)5-4-9(14)11(12)15/h4-5,7-8H,6H2,1-3H3,(H,16,18). The van der Waals surface area contributed by atoms with Crippen LogP contribution in [0.3, 0.4) is 0 Å². The fourth-order valence-corrected chi connectivity index (χ4v) is 2.14. The van der Waals surface area contributed by atoms with Crippen LogP contribution in [0.15, 0.2) is 12.1 Å². The molecule has 18 heavy (non-hydrogen) atoms. The Labute approximate surface area is 110 Å². The van der Waals surface area contributed by atoms with E-state index in [2.05, 4.69) is 25.8 Å². The number of imidazole rings is 1. The highest BCUT2D eigenvalue weighted by molar-refractivity contribution is 7.71. The summed E-state index contributed by atoms with van der Waals surface area (Å²) in [4.78, 5) is 2.91. The van der Waals surface area contributed by atoms with E-state index in [9.17, 15) is 8.78 Å². The van der Waals surface area contributed by atoms with Crippen molar-refractivity contribution in [3.63, 3.8) is 0 Å². The summed E-state index contributed by atoms with van der Waals surface area (Å²) in [5.74, 6) is -0.898. The second-order valence-corrected chi connectivity index (χ2v) is 5.41. The van der Waals surface area contributed by atoms with Crippen LogP contribution in [0, 0.1) is 28.2 Å². The lowest BCUT2D eigenvalue weighted by Crippen LogP contribution is -2.13. The molecular formula is C13H16F2N2S. The van der Waals surface area contributed by atoms with Crippen LogP contribution in [-0.4, -0.2) is 9.55 Å². The summed E-state index contributed by atoms with van der Waals surface area (Å²) in [5, 5.41) is 0. The molecule has 1 N–H and O–H groups in total. The van der Waals surface area contributed by atoms with Gasteiger partial charge in [0, 0.05) is 6.54 Å². The van der Waals surface area contributed by atoms with E-state index in [4.69, 9.17) is 12.2 Å². The van der Waals surface area contributed by atoms with E-state index >= 15 is 0 Å². The molecule has 2 aromatic rings. The Bertz CT molecular complexity index is 628. The summed E-state index contributed by atoms with van der Waals surface area (Å²) in [6.07, 6.45) is 0. The molecule has 0 saturated carbocycles. The number of rotatable bonds is 3. The number of fused-ring (bicyclic) bond motifs is 1. The van der Waals surface area contributed by atoms with Gasteiger partial charge in [-0.25, -0.2) is 8.78 Å².